The van der Waals surface area contributed by atoms with Crippen molar-refractivity contribution in [3.63, 3.8) is 0 Å². The van der Waals surface area contributed by atoms with Gasteiger partial charge in [0, 0.05) is 12.5 Å². The maximum absolute atomic E-state index is 11.7. The van der Waals surface area contributed by atoms with Crippen molar-refractivity contribution in [1.82, 2.24) is 0 Å². The van der Waals surface area contributed by atoms with Gasteiger partial charge in [-0.3, -0.25) is 5.32 Å². The van der Waals surface area contributed by atoms with E-state index in [0.29, 0.717) is 10.7 Å². The quantitative estimate of drug-likeness (QED) is 0.888. The molecular weight excluding hydrogens is 266 g/mol. The third kappa shape index (κ3) is 5.09. The minimum absolute atomic E-state index is 0.0172. The Morgan fingerprint density at radius 1 is 1.47 bits per heavy atom. The van der Waals surface area contributed by atoms with Gasteiger partial charge in [0.1, 0.15) is 5.60 Å². The second-order valence-electron chi connectivity index (χ2n) is 5.45. The fourth-order valence-corrected chi connectivity index (χ4v) is 1.63. The monoisotopic (exact) mass is 285 g/mol. The molecule has 0 saturated heterocycles. The van der Waals surface area contributed by atoms with Crippen molar-refractivity contribution >= 4 is 23.4 Å². The molecular formula is C14H20ClNO3. The van der Waals surface area contributed by atoms with Crippen LogP contribution in [0.3, 0.4) is 0 Å². The molecule has 1 aromatic rings. The molecule has 0 radical (unpaired) electrons. The number of nitrogens with one attached hydrogen (secondary N) is 1. The van der Waals surface area contributed by atoms with Gasteiger partial charge in [0.05, 0.1) is 10.7 Å². The van der Waals surface area contributed by atoms with Crippen molar-refractivity contribution < 1.29 is 14.6 Å². The van der Waals surface area contributed by atoms with E-state index >= 15 is 0 Å². The first kappa shape index (κ1) is 15.8. The number of anilines is 1. The maximum atomic E-state index is 11.7. The SMILES string of the molecule is CC(CO)c1ccc(Cl)c(NC(=O)OC(C)(C)C)c1. The van der Waals surface area contributed by atoms with Crippen molar-refractivity contribution in [3.05, 3.63) is 28.8 Å². The summed E-state index contributed by atoms with van der Waals surface area (Å²) in [5.41, 5.74) is 0.818. The number of hydrogen-bond donors (Lipinski definition) is 2. The molecule has 0 aliphatic heterocycles. The Morgan fingerprint density at radius 3 is 2.63 bits per heavy atom. The lowest BCUT2D eigenvalue weighted by Crippen LogP contribution is -2.27. The molecule has 0 bridgehead atoms. The van der Waals surface area contributed by atoms with Gasteiger partial charge in [0.15, 0.2) is 0 Å². The zero-order valence-corrected chi connectivity index (χ0v) is 12.4. The molecule has 0 fully saturated rings. The first-order valence-electron chi connectivity index (χ1n) is 6.13. The Hall–Kier alpha value is -1.26. The fourth-order valence-electron chi connectivity index (χ4n) is 1.46. The lowest BCUT2D eigenvalue weighted by atomic mass is 10.0. The number of hydrogen-bond acceptors (Lipinski definition) is 3. The molecule has 0 saturated carbocycles. The zero-order valence-electron chi connectivity index (χ0n) is 11.7. The van der Waals surface area contributed by atoms with Crippen LogP contribution in [0.2, 0.25) is 5.02 Å². The van der Waals surface area contributed by atoms with Crippen LogP contribution in [0.1, 0.15) is 39.2 Å². The Labute approximate surface area is 118 Å². The van der Waals surface area contributed by atoms with Crippen LogP contribution < -0.4 is 5.32 Å². The van der Waals surface area contributed by atoms with E-state index in [9.17, 15) is 4.79 Å². The van der Waals surface area contributed by atoms with E-state index in [2.05, 4.69) is 5.32 Å². The third-order valence-corrected chi connectivity index (χ3v) is 2.80. The summed E-state index contributed by atoms with van der Waals surface area (Å²) in [6.07, 6.45) is -0.553. The summed E-state index contributed by atoms with van der Waals surface area (Å²) in [5, 5.41) is 12.2. The predicted octanol–water partition coefficient (Wildman–Crippen LogP) is 3.78. The smallest absolute Gasteiger partial charge is 0.412 e. The highest BCUT2D eigenvalue weighted by Gasteiger charge is 2.17. The highest BCUT2D eigenvalue weighted by atomic mass is 35.5. The van der Waals surface area contributed by atoms with Gasteiger partial charge in [-0.25, -0.2) is 4.79 Å². The topological polar surface area (TPSA) is 58.6 Å². The number of halogens is 1. The summed E-state index contributed by atoms with van der Waals surface area (Å²) in [7, 11) is 0. The van der Waals surface area contributed by atoms with Crippen LogP contribution >= 0.6 is 11.6 Å². The van der Waals surface area contributed by atoms with Crippen molar-refractivity contribution in [2.45, 2.75) is 39.2 Å². The van der Waals surface area contributed by atoms with Crippen molar-refractivity contribution in [3.8, 4) is 0 Å². The van der Waals surface area contributed by atoms with Crippen molar-refractivity contribution in [2.75, 3.05) is 11.9 Å². The molecule has 1 amide bonds. The van der Waals surface area contributed by atoms with Gasteiger partial charge >= 0.3 is 6.09 Å². The molecule has 0 aliphatic rings. The lowest BCUT2D eigenvalue weighted by Gasteiger charge is -2.20. The minimum atomic E-state index is -0.563. The average molecular weight is 286 g/mol. The van der Waals surface area contributed by atoms with Crippen molar-refractivity contribution in [2.24, 2.45) is 0 Å². The molecule has 1 rings (SSSR count). The molecule has 1 unspecified atom stereocenters. The first-order valence-corrected chi connectivity index (χ1v) is 6.51. The number of benzene rings is 1. The Morgan fingerprint density at radius 2 is 2.11 bits per heavy atom. The Bertz CT molecular complexity index is 454. The van der Waals surface area contributed by atoms with Crippen LogP contribution in [0, 0.1) is 0 Å². The van der Waals surface area contributed by atoms with Crippen LogP contribution in [0.5, 0.6) is 0 Å². The number of rotatable bonds is 3. The van der Waals surface area contributed by atoms with Gasteiger partial charge in [-0.15, -0.1) is 0 Å². The summed E-state index contributed by atoms with van der Waals surface area (Å²) in [6, 6.07) is 5.26. The fraction of sp³-hybridized carbons (Fsp3) is 0.500. The maximum Gasteiger partial charge on any atom is 0.412 e. The number of aliphatic hydroxyl groups is 1. The molecule has 4 nitrogen and oxygen atoms in total. The van der Waals surface area contributed by atoms with Crippen LogP contribution in [-0.4, -0.2) is 23.4 Å². The molecule has 0 aromatic heterocycles. The molecule has 106 valence electrons. The molecule has 2 N–H and O–H groups in total. The Balaban J connectivity index is 2.85. The lowest BCUT2D eigenvalue weighted by molar-refractivity contribution is 0.0636. The van der Waals surface area contributed by atoms with Crippen molar-refractivity contribution in [1.29, 1.82) is 0 Å². The van der Waals surface area contributed by atoms with Crippen LogP contribution in [0.25, 0.3) is 0 Å². The first-order chi connectivity index (χ1) is 8.73. The molecule has 1 aromatic carbocycles. The van der Waals surface area contributed by atoms with Crippen LogP contribution in [-0.2, 0) is 4.74 Å². The van der Waals surface area contributed by atoms with Gasteiger partial charge in [-0.2, -0.15) is 0 Å². The van der Waals surface area contributed by atoms with Crippen LogP contribution in [0.15, 0.2) is 18.2 Å². The number of aliphatic hydroxyl groups excluding tert-OH is 1. The van der Waals surface area contributed by atoms with Gasteiger partial charge in [0.25, 0.3) is 0 Å². The van der Waals surface area contributed by atoms with Gasteiger partial charge < -0.3 is 9.84 Å². The van der Waals surface area contributed by atoms with E-state index in [4.69, 9.17) is 21.4 Å². The molecule has 19 heavy (non-hydrogen) atoms. The molecule has 0 spiro atoms. The van der Waals surface area contributed by atoms with E-state index in [1.807, 2.05) is 13.0 Å². The summed E-state index contributed by atoms with van der Waals surface area (Å²) < 4.78 is 5.17. The molecule has 0 aliphatic carbocycles. The van der Waals surface area contributed by atoms with E-state index in [1.165, 1.54) is 0 Å². The molecule has 1 atom stereocenters. The molecule has 0 heterocycles. The number of carbonyl (C=O) groups is 1. The highest BCUT2D eigenvalue weighted by molar-refractivity contribution is 6.33. The Kier molecular flexibility index (Phi) is 5.20. The second-order valence-corrected chi connectivity index (χ2v) is 5.86. The summed E-state index contributed by atoms with van der Waals surface area (Å²) in [6.45, 7) is 7.29. The van der Waals surface area contributed by atoms with E-state index < -0.39 is 11.7 Å². The van der Waals surface area contributed by atoms with E-state index in [0.717, 1.165) is 5.56 Å². The van der Waals surface area contributed by atoms with Gasteiger partial charge in [-0.1, -0.05) is 24.6 Å². The predicted molar refractivity (Wildman–Crippen MR) is 76.8 cm³/mol. The largest absolute Gasteiger partial charge is 0.444 e. The number of ether oxygens (including phenoxy) is 1. The summed E-state index contributed by atoms with van der Waals surface area (Å²) in [4.78, 5) is 11.7. The van der Waals surface area contributed by atoms with Gasteiger partial charge in [-0.05, 0) is 38.5 Å². The van der Waals surface area contributed by atoms with Gasteiger partial charge in [0.2, 0.25) is 0 Å². The standard InChI is InChI=1S/C14H20ClNO3/c1-9(8-17)10-5-6-11(15)12(7-10)16-13(18)19-14(2,3)4/h5-7,9,17H,8H2,1-4H3,(H,16,18). The molecule has 5 heteroatoms. The second kappa shape index (κ2) is 6.26. The third-order valence-electron chi connectivity index (χ3n) is 2.47. The number of carbonyl (C=O) groups excluding carboxylic acids is 1. The normalized spacial score (nSPS) is 12.9. The number of amides is 1. The highest BCUT2D eigenvalue weighted by Crippen LogP contribution is 2.27. The van der Waals surface area contributed by atoms with E-state index in [-0.39, 0.29) is 12.5 Å². The van der Waals surface area contributed by atoms with E-state index in [1.54, 1.807) is 32.9 Å². The summed E-state index contributed by atoms with van der Waals surface area (Å²) >= 11 is 6.03. The average Bonchev–Trinajstić information content (AvgIpc) is 2.28. The minimum Gasteiger partial charge on any atom is -0.444 e. The zero-order chi connectivity index (χ0) is 14.6. The summed E-state index contributed by atoms with van der Waals surface area (Å²) in [5.74, 6) is -0.0172. The van der Waals surface area contributed by atoms with Crippen LogP contribution in [0.4, 0.5) is 10.5 Å².